The molecule has 2 rings (SSSR count). The number of hydrogen-bond acceptors (Lipinski definition) is 3. The lowest BCUT2D eigenvalue weighted by molar-refractivity contribution is 0.564. The molecule has 0 bridgehead atoms. The molecule has 1 fully saturated rings. The molecule has 1 saturated carbocycles. The third-order valence-electron chi connectivity index (χ3n) is 3.77. The van der Waals surface area contributed by atoms with Crippen molar-refractivity contribution in [1.82, 2.24) is 10.0 Å². The van der Waals surface area contributed by atoms with Crippen molar-refractivity contribution < 1.29 is 8.42 Å². The molecule has 1 aliphatic rings. The minimum atomic E-state index is -3.41. The number of rotatable bonds is 7. The standard InChI is InChI=1S/C15H24N2O2S/c1-11(2)16-9-13-6-4-5-7-15(13)20(18,19)17-10-14-8-12(14)3/h4-7,11-12,14,16-17H,8-10H2,1-3H3. The van der Waals surface area contributed by atoms with E-state index in [4.69, 9.17) is 0 Å². The first-order chi connectivity index (χ1) is 9.40. The molecule has 1 aromatic rings. The summed E-state index contributed by atoms with van der Waals surface area (Å²) in [4.78, 5) is 0.390. The second kappa shape index (κ2) is 6.24. The number of nitrogens with one attached hydrogen (secondary N) is 2. The summed E-state index contributed by atoms with van der Waals surface area (Å²) in [6.45, 7) is 7.36. The molecule has 20 heavy (non-hydrogen) atoms. The fourth-order valence-electron chi connectivity index (χ4n) is 2.20. The lowest BCUT2D eigenvalue weighted by Crippen LogP contribution is -2.29. The molecule has 0 saturated heterocycles. The van der Waals surface area contributed by atoms with Crippen LogP contribution in [0.1, 0.15) is 32.8 Å². The van der Waals surface area contributed by atoms with Gasteiger partial charge in [-0.2, -0.15) is 0 Å². The summed E-state index contributed by atoms with van der Waals surface area (Å²) in [6.07, 6.45) is 1.12. The van der Waals surface area contributed by atoms with Gasteiger partial charge in [0.15, 0.2) is 0 Å². The minimum absolute atomic E-state index is 0.325. The summed E-state index contributed by atoms with van der Waals surface area (Å²) in [5.74, 6) is 1.15. The molecule has 2 N–H and O–H groups in total. The molecule has 0 radical (unpaired) electrons. The summed E-state index contributed by atoms with van der Waals surface area (Å²) < 4.78 is 27.5. The first-order valence-electron chi connectivity index (χ1n) is 7.21. The van der Waals surface area contributed by atoms with Crippen LogP contribution in [0, 0.1) is 11.8 Å². The summed E-state index contributed by atoms with van der Waals surface area (Å²) >= 11 is 0. The molecule has 0 amide bonds. The normalized spacial score (nSPS) is 22.2. The van der Waals surface area contributed by atoms with E-state index in [0.29, 0.717) is 35.9 Å². The quantitative estimate of drug-likeness (QED) is 0.810. The maximum atomic E-state index is 12.4. The Kier molecular flexibility index (Phi) is 4.83. The Morgan fingerprint density at radius 3 is 2.55 bits per heavy atom. The monoisotopic (exact) mass is 296 g/mol. The zero-order valence-electron chi connectivity index (χ0n) is 12.4. The van der Waals surface area contributed by atoms with Crippen LogP contribution in [-0.4, -0.2) is 21.0 Å². The Hall–Kier alpha value is -0.910. The van der Waals surface area contributed by atoms with Crippen LogP contribution in [-0.2, 0) is 16.6 Å². The van der Waals surface area contributed by atoms with Crippen LogP contribution in [0.2, 0.25) is 0 Å². The lowest BCUT2D eigenvalue weighted by Gasteiger charge is -2.13. The molecule has 2 unspecified atom stereocenters. The van der Waals surface area contributed by atoms with E-state index in [1.165, 1.54) is 0 Å². The van der Waals surface area contributed by atoms with Gasteiger partial charge < -0.3 is 5.32 Å². The Labute approximate surface area is 122 Å². The second-order valence-corrected chi connectivity index (χ2v) is 7.70. The molecule has 1 aliphatic carbocycles. The molecule has 2 atom stereocenters. The third kappa shape index (κ3) is 4.04. The van der Waals surface area contributed by atoms with E-state index in [2.05, 4.69) is 17.0 Å². The number of sulfonamides is 1. The van der Waals surface area contributed by atoms with E-state index < -0.39 is 10.0 Å². The highest BCUT2D eigenvalue weighted by molar-refractivity contribution is 7.89. The zero-order chi connectivity index (χ0) is 14.8. The van der Waals surface area contributed by atoms with Gasteiger partial charge in [0, 0.05) is 19.1 Å². The van der Waals surface area contributed by atoms with Crippen LogP contribution >= 0.6 is 0 Å². The van der Waals surface area contributed by atoms with Crippen LogP contribution in [0.3, 0.4) is 0 Å². The van der Waals surface area contributed by atoms with Gasteiger partial charge in [-0.3, -0.25) is 0 Å². The van der Waals surface area contributed by atoms with E-state index in [1.54, 1.807) is 12.1 Å². The molecule has 0 aliphatic heterocycles. The molecular formula is C15H24N2O2S. The Morgan fingerprint density at radius 1 is 1.30 bits per heavy atom. The molecule has 112 valence electrons. The van der Waals surface area contributed by atoms with Gasteiger partial charge in [-0.05, 0) is 29.9 Å². The fourth-order valence-corrected chi connectivity index (χ4v) is 3.54. The Balaban J connectivity index is 2.09. The predicted octanol–water partition coefficient (Wildman–Crippen LogP) is 2.12. The summed E-state index contributed by atoms with van der Waals surface area (Å²) in [5, 5.41) is 3.27. The van der Waals surface area contributed by atoms with Crippen molar-refractivity contribution in [3.8, 4) is 0 Å². The van der Waals surface area contributed by atoms with Crippen LogP contribution in [0.5, 0.6) is 0 Å². The summed E-state index contributed by atoms with van der Waals surface area (Å²) in [6, 6.07) is 7.51. The van der Waals surface area contributed by atoms with Crippen molar-refractivity contribution in [2.75, 3.05) is 6.54 Å². The van der Waals surface area contributed by atoms with Crippen LogP contribution in [0.4, 0.5) is 0 Å². The third-order valence-corrected chi connectivity index (χ3v) is 5.30. The molecule has 4 nitrogen and oxygen atoms in total. The SMILES string of the molecule is CC(C)NCc1ccccc1S(=O)(=O)NCC1CC1C. The highest BCUT2D eigenvalue weighted by atomic mass is 32.2. The molecule has 5 heteroatoms. The number of hydrogen-bond donors (Lipinski definition) is 2. The predicted molar refractivity (Wildman–Crippen MR) is 80.9 cm³/mol. The Bertz CT molecular complexity index is 555. The summed E-state index contributed by atoms with van der Waals surface area (Å²) in [5.41, 5.74) is 0.817. The Morgan fingerprint density at radius 2 is 1.95 bits per heavy atom. The average molecular weight is 296 g/mol. The highest BCUT2D eigenvalue weighted by Crippen LogP contribution is 2.37. The van der Waals surface area contributed by atoms with Crippen molar-refractivity contribution in [1.29, 1.82) is 0 Å². The van der Waals surface area contributed by atoms with E-state index in [1.807, 2.05) is 26.0 Å². The van der Waals surface area contributed by atoms with Gasteiger partial charge in [-0.25, -0.2) is 13.1 Å². The van der Waals surface area contributed by atoms with Crippen molar-refractivity contribution in [3.05, 3.63) is 29.8 Å². The van der Waals surface area contributed by atoms with Crippen molar-refractivity contribution in [3.63, 3.8) is 0 Å². The first kappa shape index (κ1) is 15.5. The van der Waals surface area contributed by atoms with E-state index in [0.717, 1.165) is 12.0 Å². The zero-order valence-corrected chi connectivity index (χ0v) is 13.2. The van der Waals surface area contributed by atoms with Gasteiger partial charge in [0.2, 0.25) is 10.0 Å². The molecule has 1 aromatic carbocycles. The van der Waals surface area contributed by atoms with Gasteiger partial charge in [0.05, 0.1) is 4.90 Å². The van der Waals surface area contributed by atoms with Gasteiger partial charge in [0.25, 0.3) is 0 Å². The topological polar surface area (TPSA) is 58.2 Å². The van der Waals surface area contributed by atoms with Crippen molar-refractivity contribution in [2.45, 2.75) is 44.7 Å². The maximum absolute atomic E-state index is 12.4. The van der Waals surface area contributed by atoms with Crippen LogP contribution < -0.4 is 10.0 Å². The fraction of sp³-hybridized carbons (Fsp3) is 0.600. The van der Waals surface area contributed by atoms with Gasteiger partial charge >= 0.3 is 0 Å². The van der Waals surface area contributed by atoms with E-state index >= 15 is 0 Å². The van der Waals surface area contributed by atoms with Crippen LogP contribution in [0.25, 0.3) is 0 Å². The molecular weight excluding hydrogens is 272 g/mol. The van der Waals surface area contributed by atoms with Gasteiger partial charge in [-0.1, -0.05) is 39.0 Å². The molecule has 0 spiro atoms. The first-order valence-corrected chi connectivity index (χ1v) is 8.69. The lowest BCUT2D eigenvalue weighted by atomic mass is 10.2. The molecule has 0 aromatic heterocycles. The highest BCUT2D eigenvalue weighted by Gasteiger charge is 2.33. The minimum Gasteiger partial charge on any atom is -0.310 e. The summed E-state index contributed by atoms with van der Waals surface area (Å²) in [7, 11) is -3.41. The van der Waals surface area contributed by atoms with Gasteiger partial charge in [0.1, 0.15) is 0 Å². The maximum Gasteiger partial charge on any atom is 0.240 e. The van der Waals surface area contributed by atoms with Gasteiger partial charge in [-0.15, -0.1) is 0 Å². The van der Waals surface area contributed by atoms with E-state index in [9.17, 15) is 8.42 Å². The van der Waals surface area contributed by atoms with Crippen molar-refractivity contribution >= 4 is 10.0 Å². The van der Waals surface area contributed by atoms with E-state index in [-0.39, 0.29) is 0 Å². The van der Waals surface area contributed by atoms with Crippen molar-refractivity contribution in [2.24, 2.45) is 11.8 Å². The van der Waals surface area contributed by atoms with Crippen LogP contribution in [0.15, 0.2) is 29.2 Å². The largest absolute Gasteiger partial charge is 0.310 e. The smallest absolute Gasteiger partial charge is 0.240 e. The molecule has 0 heterocycles. The number of benzene rings is 1. The second-order valence-electron chi connectivity index (χ2n) is 5.97. The average Bonchev–Trinajstić information content (AvgIpc) is 3.10.